The molecule has 4 nitrogen and oxygen atoms in total. The summed E-state index contributed by atoms with van der Waals surface area (Å²) in [5, 5.41) is 0. The fraction of sp³-hybridized carbons (Fsp3) is 0.700. The molecule has 5 heteroatoms. The Morgan fingerprint density at radius 3 is 2.32 bits per heavy atom. The first-order valence-corrected chi connectivity index (χ1v) is 10.1. The number of carbonyl (C=O) groups excluding carboxylic acids is 2. The molecule has 1 aliphatic carbocycles. The monoisotopic (exact) mass is 414 g/mol. The van der Waals surface area contributed by atoms with Crippen LogP contribution < -0.4 is 0 Å². The Morgan fingerprint density at radius 1 is 1.16 bits per heavy atom. The van der Waals surface area contributed by atoms with Gasteiger partial charge < -0.3 is 9.47 Å². The van der Waals surface area contributed by atoms with Crippen molar-refractivity contribution < 1.29 is 19.1 Å². The summed E-state index contributed by atoms with van der Waals surface area (Å²) >= 11 is 3.73. The molecule has 2 unspecified atom stereocenters. The zero-order valence-electron chi connectivity index (χ0n) is 15.8. The van der Waals surface area contributed by atoms with Crippen molar-refractivity contribution in [3.8, 4) is 0 Å². The molecule has 0 aliphatic heterocycles. The van der Waals surface area contributed by atoms with E-state index in [4.69, 9.17) is 9.47 Å². The summed E-state index contributed by atoms with van der Waals surface area (Å²) in [5.41, 5.74) is 0.373. The van der Waals surface area contributed by atoms with E-state index in [1.807, 2.05) is 26.0 Å². The van der Waals surface area contributed by atoms with Gasteiger partial charge in [0.05, 0.1) is 23.1 Å². The number of halogens is 1. The van der Waals surface area contributed by atoms with Crippen molar-refractivity contribution >= 4 is 27.9 Å². The molecule has 0 amide bonds. The Bertz CT molecular complexity index is 510. The maximum atomic E-state index is 12.8. The van der Waals surface area contributed by atoms with Crippen molar-refractivity contribution in [1.29, 1.82) is 0 Å². The molecule has 0 spiro atoms. The molecule has 142 valence electrons. The van der Waals surface area contributed by atoms with Crippen molar-refractivity contribution in [3.05, 3.63) is 23.8 Å². The van der Waals surface area contributed by atoms with Crippen molar-refractivity contribution in [2.75, 3.05) is 13.2 Å². The molecular weight excluding hydrogens is 384 g/mol. The molecule has 0 radical (unpaired) electrons. The number of hydrogen-bond donors (Lipinski definition) is 0. The number of allylic oxidation sites excluding steroid dienone is 3. The largest absolute Gasteiger partial charge is 0.465 e. The maximum Gasteiger partial charge on any atom is 0.334 e. The highest BCUT2D eigenvalue weighted by Gasteiger charge is 2.46. The van der Waals surface area contributed by atoms with Gasteiger partial charge in [0, 0.05) is 0 Å². The van der Waals surface area contributed by atoms with Gasteiger partial charge in [-0.15, -0.1) is 0 Å². The van der Waals surface area contributed by atoms with Gasteiger partial charge in [-0.2, -0.15) is 0 Å². The molecule has 25 heavy (non-hydrogen) atoms. The van der Waals surface area contributed by atoms with E-state index in [2.05, 4.69) is 29.8 Å². The van der Waals surface area contributed by atoms with E-state index in [0.717, 1.165) is 32.1 Å². The molecule has 0 saturated heterocycles. The van der Waals surface area contributed by atoms with Gasteiger partial charge in [-0.05, 0) is 25.2 Å². The minimum atomic E-state index is -0.689. The topological polar surface area (TPSA) is 52.6 Å². The fourth-order valence-corrected chi connectivity index (χ4v) is 4.11. The molecule has 0 bridgehead atoms. The van der Waals surface area contributed by atoms with Gasteiger partial charge >= 0.3 is 11.9 Å². The average molecular weight is 415 g/mol. The minimum absolute atomic E-state index is 0.352. The van der Waals surface area contributed by atoms with Gasteiger partial charge in [0.25, 0.3) is 0 Å². The fourth-order valence-electron chi connectivity index (χ4n) is 2.88. The number of alkyl halides is 1. The lowest BCUT2D eigenvalue weighted by Gasteiger charge is -2.36. The van der Waals surface area contributed by atoms with E-state index in [-0.39, 0.29) is 5.97 Å². The van der Waals surface area contributed by atoms with Crippen molar-refractivity contribution in [2.24, 2.45) is 11.8 Å². The minimum Gasteiger partial charge on any atom is -0.465 e. The van der Waals surface area contributed by atoms with E-state index >= 15 is 0 Å². The number of ether oxygens (including phenoxy) is 2. The van der Waals surface area contributed by atoms with E-state index < -0.39 is 16.2 Å². The quantitative estimate of drug-likeness (QED) is 0.287. The van der Waals surface area contributed by atoms with Crippen LogP contribution in [0.5, 0.6) is 0 Å². The van der Waals surface area contributed by atoms with Crippen LogP contribution in [0.15, 0.2) is 23.8 Å². The SMILES string of the molecule is CCCCOC(=O)C1=CC=CC(Br)(CC(C)C)C1C(=O)OCCCC. The van der Waals surface area contributed by atoms with Crippen molar-refractivity contribution in [3.63, 3.8) is 0 Å². The predicted molar refractivity (Wildman–Crippen MR) is 104 cm³/mol. The van der Waals surface area contributed by atoms with Gasteiger partial charge in [0.2, 0.25) is 0 Å². The number of hydrogen-bond acceptors (Lipinski definition) is 4. The number of carbonyl (C=O) groups is 2. The Labute approximate surface area is 160 Å². The molecule has 0 aromatic carbocycles. The van der Waals surface area contributed by atoms with Gasteiger partial charge in [-0.3, -0.25) is 4.79 Å². The molecule has 0 N–H and O–H groups in total. The van der Waals surface area contributed by atoms with Crippen LogP contribution in [0, 0.1) is 11.8 Å². The summed E-state index contributed by atoms with van der Waals surface area (Å²) in [5.74, 6) is -1.13. The molecule has 2 atom stereocenters. The van der Waals surface area contributed by atoms with Gasteiger partial charge in [0.15, 0.2) is 0 Å². The zero-order chi connectivity index (χ0) is 18.9. The van der Waals surface area contributed by atoms with Gasteiger partial charge in [0.1, 0.15) is 5.92 Å². The first-order chi connectivity index (χ1) is 11.9. The normalized spacial score (nSPS) is 22.6. The van der Waals surface area contributed by atoms with Crippen LogP contribution in [0.4, 0.5) is 0 Å². The highest BCUT2D eigenvalue weighted by Crippen LogP contribution is 2.43. The number of unbranched alkanes of at least 4 members (excludes halogenated alkanes) is 2. The van der Waals surface area contributed by atoms with Crippen LogP contribution in [-0.4, -0.2) is 29.5 Å². The van der Waals surface area contributed by atoms with Crippen molar-refractivity contribution in [1.82, 2.24) is 0 Å². The third-order valence-electron chi connectivity index (χ3n) is 4.11. The summed E-state index contributed by atoms with van der Waals surface area (Å²) in [7, 11) is 0. The van der Waals surface area contributed by atoms with Crippen molar-refractivity contribution in [2.45, 2.75) is 64.1 Å². The summed E-state index contributed by atoms with van der Waals surface area (Å²) in [6.07, 6.45) is 9.69. The molecule has 0 aromatic rings. The molecule has 1 rings (SSSR count). The molecule has 0 fully saturated rings. The second kappa shape index (κ2) is 10.8. The van der Waals surface area contributed by atoms with Crippen LogP contribution in [-0.2, 0) is 19.1 Å². The van der Waals surface area contributed by atoms with Crippen LogP contribution in [0.25, 0.3) is 0 Å². The predicted octanol–water partition coefficient (Wildman–Crippen LogP) is 4.97. The van der Waals surface area contributed by atoms with Crippen LogP contribution >= 0.6 is 15.9 Å². The number of esters is 2. The smallest absolute Gasteiger partial charge is 0.334 e. The lowest BCUT2D eigenvalue weighted by atomic mass is 9.77. The van der Waals surface area contributed by atoms with Gasteiger partial charge in [-0.25, -0.2) is 4.79 Å². The average Bonchev–Trinajstić information content (AvgIpc) is 2.53. The lowest BCUT2D eigenvalue weighted by Crippen LogP contribution is -2.42. The Hall–Kier alpha value is -1.10. The molecular formula is C20H31BrO4. The lowest BCUT2D eigenvalue weighted by molar-refractivity contribution is -0.151. The van der Waals surface area contributed by atoms with E-state index in [1.54, 1.807) is 6.08 Å². The number of rotatable bonds is 10. The van der Waals surface area contributed by atoms with E-state index in [1.165, 1.54) is 0 Å². The molecule has 0 saturated carbocycles. The highest BCUT2D eigenvalue weighted by atomic mass is 79.9. The van der Waals surface area contributed by atoms with Crippen LogP contribution in [0.3, 0.4) is 0 Å². The van der Waals surface area contributed by atoms with Crippen LogP contribution in [0.1, 0.15) is 59.8 Å². The molecule has 0 aromatic heterocycles. The van der Waals surface area contributed by atoms with Crippen LogP contribution in [0.2, 0.25) is 0 Å². The first-order valence-electron chi connectivity index (χ1n) is 9.27. The second-order valence-electron chi connectivity index (χ2n) is 6.95. The Balaban J connectivity index is 3.01. The third-order valence-corrected chi connectivity index (χ3v) is 5.15. The second-order valence-corrected chi connectivity index (χ2v) is 8.43. The maximum absolute atomic E-state index is 12.8. The molecule has 0 heterocycles. The summed E-state index contributed by atoms with van der Waals surface area (Å²) < 4.78 is 10.2. The summed E-state index contributed by atoms with van der Waals surface area (Å²) in [6.45, 7) is 9.01. The first kappa shape index (κ1) is 21.9. The molecule has 1 aliphatic rings. The van der Waals surface area contributed by atoms with E-state index in [0.29, 0.717) is 24.7 Å². The van der Waals surface area contributed by atoms with Gasteiger partial charge in [-0.1, -0.05) is 74.7 Å². The zero-order valence-corrected chi connectivity index (χ0v) is 17.4. The standard InChI is InChI=1S/C20H31BrO4/c1-5-7-12-24-18(22)16-10-9-11-20(21,14-15(3)4)17(16)19(23)25-13-8-6-2/h9-11,15,17H,5-8,12-14H2,1-4H3. The third kappa shape index (κ3) is 6.61. The Kier molecular flexibility index (Phi) is 9.47. The highest BCUT2D eigenvalue weighted by molar-refractivity contribution is 9.10. The summed E-state index contributed by atoms with van der Waals surface area (Å²) in [6, 6.07) is 0. The Morgan fingerprint density at radius 2 is 1.76 bits per heavy atom. The van der Waals surface area contributed by atoms with E-state index in [9.17, 15) is 9.59 Å². The summed E-state index contributed by atoms with van der Waals surface area (Å²) in [4.78, 5) is 25.3.